The Balaban J connectivity index is 2.08. The summed E-state index contributed by atoms with van der Waals surface area (Å²) in [7, 11) is 0. The van der Waals surface area contributed by atoms with Gasteiger partial charge in [0.2, 0.25) is 0 Å². The fourth-order valence-corrected chi connectivity index (χ4v) is 2.44. The zero-order chi connectivity index (χ0) is 11.5. The highest BCUT2D eigenvalue weighted by Gasteiger charge is 2.04. The Kier molecular flexibility index (Phi) is 3.91. The highest BCUT2D eigenvalue weighted by Crippen LogP contribution is 2.21. The van der Waals surface area contributed by atoms with E-state index in [4.69, 9.17) is 4.42 Å². The van der Waals surface area contributed by atoms with Gasteiger partial charge < -0.3 is 9.73 Å². The van der Waals surface area contributed by atoms with Crippen molar-refractivity contribution < 1.29 is 4.42 Å². The molecule has 1 aromatic heterocycles. The number of furan rings is 1. The Bertz CT molecular complexity index is 496. The lowest BCUT2D eigenvalue weighted by atomic mass is 10.2. The Hall–Kier alpha value is -0.490. The van der Waals surface area contributed by atoms with Gasteiger partial charge in [0, 0.05) is 9.26 Å². The number of anilines is 1. The summed E-state index contributed by atoms with van der Waals surface area (Å²) in [6, 6.07) is 8.24. The second-order valence-corrected chi connectivity index (χ2v) is 5.60. The van der Waals surface area contributed by atoms with Crippen LogP contribution in [0.15, 0.2) is 39.4 Å². The molecule has 2 nitrogen and oxygen atoms in total. The summed E-state index contributed by atoms with van der Waals surface area (Å²) in [5, 5.41) is 3.36. The van der Waals surface area contributed by atoms with Gasteiger partial charge in [0.05, 0.1) is 17.3 Å². The summed E-state index contributed by atoms with van der Waals surface area (Å²) in [5.41, 5.74) is 2.39. The molecule has 1 heterocycles. The third-order valence-electron chi connectivity index (χ3n) is 2.32. The molecule has 0 saturated carbocycles. The normalized spacial score (nSPS) is 10.4. The van der Waals surface area contributed by atoms with Crippen LogP contribution in [-0.4, -0.2) is 0 Å². The van der Waals surface area contributed by atoms with Crippen molar-refractivity contribution in [3.05, 3.63) is 49.9 Å². The molecule has 0 aliphatic rings. The van der Waals surface area contributed by atoms with Crippen LogP contribution in [0.2, 0.25) is 0 Å². The predicted molar refractivity (Wildman–Crippen MR) is 77.6 cm³/mol. The third-order valence-corrected chi connectivity index (χ3v) is 3.70. The van der Waals surface area contributed by atoms with Crippen LogP contribution in [0.5, 0.6) is 0 Å². The molecule has 0 atom stereocenters. The molecule has 1 N–H and O–H groups in total. The predicted octanol–water partition coefficient (Wildman–Crippen LogP) is 4.57. The van der Waals surface area contributed by atoms with Crippen molar-refractivity contribution in [2.75, 3.05) is 5.32 Å². The molecule has 0 saturated heterocycles. The molecule has 0 radical (unpaired) electrons. The maximum absolute atomic E-state index is 5.34. The Morgan fingerprint density at radius 1 is 1.38 bits per heavy atom. The minimum Gasteiger partial charge on any atom is -0.466 e. The number of rotatable bonds is 3. The molecule has 84 valence electrons. The second kappa shape index (κ2) is 5.23. The van der Waals surface area contributed by atoms with Gasteiger partial charge in [0.15, 0.2) is 0 Å². The van der Waals surface area contributed by atoms with Crippen molar-refractivity contribution >= 4 is 44.2 Å². The van der Waals surface area contributed by atoms with E-state index < -0.39 is 0 Å². The van der Waals surface area contributed by atoms with E-state index in [2.05, 4.69) is 69.0 Å². The molecule has 0 unspecified atom stereocenters. The van der Waals surface area contributed by atoms with E-state index >= 15 is 0 Å². The van der Waals surface area contributed by atoms with Crippen LogP contribution in [0.1, 0.15) is 11.3 Å². The monoisotopic (exact) mass is 391 g/mol. The molecule has 0 aliphatic carbocycles. The maximum Gasteiger partial charge on any atom is 0.136 e. The number of hydrogen-bond donors (Lipinski definition) is 1. The molecule has 4 heteroatoms. The van der Waals surface area contributed by atoms with Crippen molar-refractivity contribution in [3.63, 3.8) is 0 Å². The number of hydrogen-bond acceptors (Lipinski definition) is 2. The Morgan fingerprint density at radius 2 is 2.19 bits per heavy atom. The molecule has 0 spiro atoms. The minimum atomic E-state index is 0.689. The van der Waals surface area contributed by atoms with Gasteiger partial charge in [0.25, 0.3) is 0 Å². The first kappa shape index (κ1) is 12.0. The quantitative estimate of drug-likeness (QED) is 0.775. The molecule has 0 amide bonds. The van der Waals surface area contributed by atoms with Gasteiger partial charge in [-0.15, -0.1) is 0 Å². The maximum atomic E-state index is 5.34. The summed E-state index contributed by atoms with van der Waals surface area (Å²) < 4.78 is 7.59. The van der Waals surface area contributed by atoms with Crippen molar-refractivity contribution in [2.24, 2.45) is 0 Å². The van der Waals surface area contributed by atoms with Gasteiger partial charge in [-0.3, -0.25) is 0 Å². The van der Waals surface area contributed by atoms with Gasteiger partial charge in [-0.1, -0.05) is 0 Å². The molecular weight excluding hydrogens is 381 g/mol. The highest BCUT2D eigenvalue weighted by atomic mass is 127. The topological polar surface area (TPSA) is 25.2 Å². The van der Waals surface area contributed by atoms with E-state index in [-0.39, 0.29) is 0 Å². The molecule has 2 rings (SSSR count). The summed E-state index contributed by atoms with van der Waals surface area (Å²) in [4.78, 5) is 0. The number of nitrogens with one attached hydrogen (secondary N) is 1. The lowest BCUT2D eigenvalue weighted by Gasteiger charge is -2.08. The molecular formula is C12H11BrINO. The summed E-state index contributed by atoms with van der Waals surface area (Å²) in [6.45, 7) is 2.79. The van der Waals surface area contributed by atoms with Gasteiger partial charge in [-0.25, -0.2) is 0 Å². The molecule has 1 aromatic carbocycles. The van der Waals surface area contributed by atoms with E-state index in [9.17, 15) is 0 Å². The molecule has 2 aromatic rings. The van der Waals surface area contributed by atoms with Gasteiger partial charge >= 0.3 is 0 Å². The first-order chi connectivity index (χ1) is 7.66. The van der Waals surface area contributed by atoms with Crippen LogP contribution in [0.4, 0.5) is 5.69 Å². The molecule has 16 heavy (non-hydrogen) atoms. The van der Waals surface area contributed by atoms with Gasteiger partial charge in [-0.2, -0.15) is 0 Å². The van der Waals surface area contributed by atoms with E-state index in [0.717, 1.165) is 15.9 Å². The van der Waals surface area contributed by atoms with E-state index in [1.807, 2.05) is 6.07 Å². The largest absolute Gasteiger partial charge is 0.466 e. The molecule has 0 aliphatic heterocycles. The zero-order valence-electron chi connectivity index (χ0n) is 8.76. The van der Waals surface area contributed by atoms with Crippen molar-refractivity contribution in [2.45, 2.75) is 13.5 Å². The highest BCUT2D eigenvalue weighted by molar-refractivity contribution is 14.1. The van der Waals surface area contributed by atoms with Crippen LogP contribution in [0.25, 0.3) is 0 Å². The second-order valence-electron chi connectivity index (χ2n) is 3.50. The Labute approximate surface area is 117 Å². The lowest BCUT2D eigenvalue weighted by molar-refractivity contribution is 0.516. The summed E-state index contributed by atoms with van der Waals surface area (Å²) in [6.07, 6.45) is 1.68. The zero-order valence-corrected chi connectivity index (χ0v) is 12.5. The van der Waals surface area contributed by atoms with E-state index in [1.54, 1.807) is 6.26 Å². The number of halogens is 2. The number of aryl methyl sites for hydroxylation is 1. The smallest absolute Gasteiger partial charge is 0.136 e. The number of benzene rings is 1. The fourth-order valence-electron chi connectivity index (χ4n) is 1.45. The average molecular weight is 392 g/mol. The fraction of sp³-hybridized carbons (Fsp3) is 0.167. The first-order valence-electron chi connectivity index (χ1n) is 4.88. The van der Waals surface area contributed by atoms with Gasteiger partial charge in [-0.05, 0) is 75.3 Å². The van der Waals surface area contributed by atoms with Crippen LogP contribution in [-0.2, 0) is 6.54 Å². The third kappa shape index (κ3) is 2.79. The average Bonchev–Trinajstić information content (AvgIpc) is 2.63. The minimum absolute atomic E-state index is 0.689. The van der Waals surface area contributed by atoms with Crippen molar-refractivity contribution in [1.82, 2.24) is 0 Å². The Morgan fingerprint density at radius 3 is 2.81 bits per heavy atom. The standard InChI is InChI=1S/C12H11BrINO/c1-8-6-9(14)2-3-11(8)15-7-12-10(13)4-5-16-12/h2-6,15H,7H2,1H3. The first-order valence-corrected chi connectivity index (χ1v) is 6.76. The molecule has 0 bridgehead atoms. The van der Waals surface area contributed by atoms with Gasteiger partial charge in [0.1, 0.15) is 5.76 Å². The van der Waals surface area contributed by atoms with Crippen LogP contribution in [0, 0.1) is 10.5 Å². The molecule has 0 fully saturated rings. The van der Waals surface area contributed by atoms with Crippen molar-refractivity contribution in [1.29, 1.82) is 0 Å². The van der Waals surface area contributed by atoms with E-state index in [0.29, 0.717) is 6.54 Å². The summed E-state index contributed by atoms with van der Waals surface area (Å²) >= 11 is 5.75. The van der Waals surface area contributed by atoms with Crippen molar-refractivity contribution in [3.8, 4) is 0 Å². The van der Waals surface area contributed by atoms with E-state index in [1.165, 1.54) is 9.13 Å². The van der Waals surface area contributed by atoms with Crippen LogP contribution < -0.4 is 5.32 Å². The van der Waals surface area contributed by atoms with Crippen LogP contribution in [0.3, 0.4) is 0 Å². The summed E-state index contributed by atoms with van der Waals surface area (Å²) in [5.74, 6) is 0.915. The van der Waals surface area contributed by atoms with Crippen LogP contribution >= 0.6 is 38.5 Å². The SMILES string of the molecule is Cc1cc(I)ccc1NCc1occc1Br. The lowest BCUT2D eigenvalue weighted by Crippen LogP contribution is -2.00.